The van der Waals surface area contributed by atoms with Gasteiger partial charge in [0.25, 0.3) is 0 Å². The number of hydrogen-bond donors (Lipinski definition) is 2. The van der Waals surface area contributed by atoms with Crippen LogP contribution < -0.4 is 9.47 Å². The van der Waals surface area contributed by atoms with Gasteiger partial charge in [-0.05, 0) is 77.1 Å². The Kier molecular flexibility index (Phi) is 6.33. The molecule has 5 rings (SSSR count). The van der Waals surface area contributed by atoms with Crippen LogP contribution in [0.2, 0.25) is 0 Å². The summed E-state index contributed by atoms with van der Waals surface area (Å²) in [6.45, 7) is 4.82. The normalized spacial score (nSPS) is 13.3. The molecule has 0 unspecified atom stereocenters. The van der Waals surface area contributed by atoms with Crippen LogP contribution in [0.25, 0.3) is 11.1 Å². The Morgan fingerprint density at radius 3 is 1.77 bits per heavy atom. The number of aryl methyl sites for hydroxylation is 2. The van der Waals surface area contributed by atoms with E-state index >= 15 is 0 Å². The van der Waals surface area contributed by atoms with Gasteiger partial charge in [0.1, 0.15) is 24.7 Å². The highest BCUT2D eigenvalue weighted by atomic mass is 16.5. The summed E-state index contributed by atoms with van der Waals surface area (Å²) in [5, 5.41) is 18.3. The topological polar surface area (TPSA) is 58.9 Å². The summed E-state index contributed by atoms with van der Waals surface area (Å²) in [7, 11) is 0. The summed E-state index contributed by atoms with van der Waals surface area (Å²) in [6.07, 6.45) is 0. The zero-order chi connectivity index (χ0) is 24.4. The highest BCUT2D eigenvalue weighted by Gasteiger charge is 2.46. The molecule has 0 aliphatic heterocycles. The number of fused-ring (bicyclic) bond motifs is 3. The molecule has 0 aromatic heterocycles. The number of aliphatic hydroxyl groups excluding tert-OH is 2. The number of rotatable bonds is 8. The molecule has 0 heterocycles. The first-order valence-corrected chi connectivity index (χ1v) is 12.0. The maximum atomic E-state index is 9.14. The Bertz CT molecular complexity index is 1270. The molecule has 35 heavy (non-hydrogen) atoms. The molecule has 4 heteroatoms. The zero-order valence-electron chi connectivity index (χ0n) is 20.1. The number of benzene rings is 4. The van der Waals surface area contributed by atoms with Crippen molar-refractivity contribution < 1.29 is 19.7 Å². The summed E-state index contributed by atoms with van der Waals surface area (Å²) >= 11 is 0. The lowest BCUT2D eigenvalue weighted by molar-refractivity contribution is 0.201. The molecule has 4 aromatic carbocycles. The van der Waals surface area contributed by atoms with Crippen LogP contribution in [0.5, 0.6) is 11.5 Å². The van der Waals surface area contributed by atoms with E-state index in [1.54, 1.807) is 0 Å². The van der Waals surface area contributed by atoms with E-state index in [0.717, 1.165) is 22.6 Å². The van der Waals surface area contributed by atoms with E-state index in [1.807, 2.05) is 24.3 Å². The lowest BCUT2D eigenvalue weighted by atomic mass is 9.67. The van der Waals surface area contributed by atoms with Crippen LogP contribution in [0.4, 0.5) is 0 Å². The second-order valence-corrected chi connectivity index (χ2v) is 8.99. The quantitative estimate of drug-likeness (QED) is 0.321. The van der Waals surface area contributed by atoms with Crippen LogP contribution >= 0.6 is 0 Å². The van der Waals surface area contributed by atoms with Gasteiger partial charge >= 0.3 is 0 Å². The van der Waals surface area contributed by atoms with Crippen molar-refractivity contribution in [1.29, 1.82) is 0 Å². The molecule has 0 radical (unpaired) electrons. The zero-order valence-corrected chi connectivity index (χ0v) is 20.1. The fourth-order valence-corrected chi connectivity index (χ4v) is 5.39. The third kappa shape index (κ3) is 3.89. The van der Waals surface area contributed by atoms with Crippen LogP contribution in [0.15, 0.2) is 84.9 Å². The standard InChI is InChI=1S/C31H30O4/c1-21-6-15-28-27(20-21)30-22(2)4-3-5-29(30)31(28,23-7-11-25(12-8-23)34-18-16-32)24-9-13-26(14-10-24)35-19-17-33/h3-15,20,32-33H,16-19H2,1-2H3. The van der Waals surface area contributed by atoms with Crippen LogP contribution in [-0.2, 0) is 5.41 Å². The van der Waals surface area contributed by atoms with E-state index in [9.17, 15) is 0 Å². The van der Waals surface area contributed by atoms with Crippen LogP contribution in [-0.4, -0.2) is 36.6 Å². The minimum Gasteiger partial charge on any atom is -0.491 e. The maximum Gasteiger partial charge on any atom is 0.119 e. The van der Waals surface area contributed by atoms with Crippen LogP contribution in [0, 0.1) is 13.8 Å². The van der Waals surface area contributed by atoms with Gasteiger partial charge in [0.2, 0.25) is 0 Å². The number of aliphatic hydroxyl groups is 2. The Hall–Kier alpha value is -3.60. The smallest absolute Gasteiger partial charge is 0.119 e. The molecule has 0 atom stereocenters. The van der Waals surface area contributed by atoms with E-state index in [-0.39, 0.29) is 26.4 Å². The molecule has 0 fully saturated rings. The van der Waals surface area contributed by atoms with Gasteiger partial charge in [0, 0.05) is 0 Å². The highest BCUT2D eigenvalue weighted by molar-refractivity contribution is 5.88. The maximum absolute atomic E-state index is 9.14. The molecule has 4 aromatic rings. The first-order chi connectivity index (χ1) is 17.1. The van der Waals surface area contributed by atoms with Crippen molar-refractivity contribution in [1.82, 2.24) is 0 Å². The van der Waals surface area contributed by atoms with Crippen LogP contribution in [0.3, 0.4) is 0 Å². The molecular weight excluding hydrogens is 436 g/mol. The van der Waals surface area contributed by atoms with Crippen molar-refractivity contribution in [2.24, 2.45) is 0 Å². The third-order valence-electron chi connectivity index (χ3n) is 6.82. The minimum absolute atomic E-state index is 0.0181. The SMILES string of the molecule is Cc1ccc2c(c1)-c1c(C)cccc1C2(c1ccc(OCCO)cc1)c1ccc(OCCO)cc1. The molecule has 0 saturated heterocycles. The lowest BCUT2D eigenvalue weighted by Gasteiger charge is -2.34. The van der Waals surface area contributed by atoms with Gasteiger partial charge < -0.3 is 19.7 Å². The van der Waals surface area contributed by atoms with Gasteiger partial charge in [-0.3, -0.25) is 0 Å². The minimum atomic E-state index is -0.505. The first kappa shape index (κ1) is 23.2. The highest BCUT2D eigenvalue weighted by Crippen LogP contribution is 2.57. The van der Waals surface area contributed by atoms with Crippen molar-refractivity contribution in [2.75, 3.05) is 26.4 Å². The Balaban J connectivity index is 1.77. The van der Waals surface area contributed by atoms with Gasteiger partial charge in [-0.25, -0.2) is 0 Å². The van der Waals surface area contributed by atoms with Crippen molar-refractivity contribution in [3.05, 3.63) is 118 Å². The lowest BCUT2D eigenvalue weighted by Crippen LogP contribution is -2.28. The number of hydrogen-bond acceptors (Lipinski definition) is 4. The first-order valence-electron chi connectivity index (χ1n) is 12.0. The molecule has 1 aliphatic carbocycles. The van der Waals surface area contributed by atoms with Crippen molar-refractivity contribution in [3.8, 4) is 22.6 Å². The van der Waals surface area contributed by atoms with E-state index in [0.29, 0.717) is 0 Å². The second-order valence-electron chi connectivity index (χ2n) is 8.99. The van der Waals surface area contributed by atoms with Crippen molar-refractivity contribution in [3.63, 3.8) is 0 Å². The van der Waals surface area contributed by atoms with E-state index in [4.69, 9.17) is 19.7 Å². The molecule has 2 N–H and O–H groups in total. The van der Waals surface area contributed by atoms with Crippen molar-refractivity contribution >= 4 is 0 Å². The largest absolute Gasteiger partial charge is 0.491 e. The predicted molar refractivity (Wildman–Crippen MR) is 138 cm³/mol. The molecule has 0 spiro atoms. The summed E-state index contributed by atoms with van der Waals surface area (Å²) in [6, 6.07) is 29.7. The summed E-state index contributed by atoms with van der Waals surface area (Å²) < 4.78 is 11.3. The monoisotopic (exact) mass is 466 g/mol. The Labute approximate surface area is 206 Å². The Morgan fingerprint density at radius 1 is 0.657 bits per heavy atom. The molecule has 0 saturated carbocycles. The average Bonchev–Trinajstić information content (AvgIpc) is 3.18. The van der Waals surface area contributed by atoms with E-state index < -0.39 is 5.41 Å². The molecule has 0 bridgehead atoms. The van der Waals surface area contributed by atoms with E-state index in [2.05, 4.69) is 74.5 Å². The fourth-order valence-electron chi connectivity index (χ4n) is 5.39. The molecule has 1 aliphatic rings. The average molecular weight is 467 g/mol. The summed E-state index contributed by atoms with van der Waals surface area (Å²) in [4.78, 5) is 0. The second kappa shape index (κ2) is 9.57. The van der Waals surface area contributed by atoms with Gasteiger partial charge in [-0.2, -0.15) is 0 Å². The Morgan fingerprint density at radius 2 is 1.23 bits per heavy atom. The van der Waals surface area contributed by atoms with Gasteiger partial charge in [-0.15, -0.1) is 0 Å². The summed E-state index contributed by atoms with van der Waals surface area (Å²) in [5.41, 5.74) is 9.32. The molecular formula is C31H30O4. The van der Waals surface area contributed by atoms with Crippen LogP contribution in [0.1, 0.15) is 33.4 Å². The van der Waals surface area contributed by atoms with Crippen molar-refractivity contribution in [2.45, 2.75) is 19.3 Å². The third-order valence-corrected chi connectivity index (χ3v) is 6.82. The van der Waals surface area contributed by atoms with Gasteiger partial charge in [0.15, 0.2) is 0 Å². The summed E-state index contributed by atoms with van der Waals surface area (Å²) in [5.74, 6) is 1.47. The van der Waals surface area contributed by atoms with E-state index in [1.165, 1.54) is 33.4 Å². The van der Waals surface area contributed by atoms with Gasteiger partial charge in [-0.1, -0.05) is 66.2 Å². The fraction of sp³-hybridized carbons (Fsp3) is 0.226. The number of ether oxygens (including phenoxy) is 2. The molecule has 0 amide bonds. The molecule has 4 nitrogen and oxygen atoms in total. The molecule has 178 valence electrons. The van der Waals surface area contributed by atoms with Gasteiger partial charge in [0.05, 0.1) is 18.6 Å². The predicted octanol–water partition coefficient (Wildman–Crippen LogP) is 5.41.